The third kappa shape index (κ3) is 2.15. The Morgan fingerprint density at radius 3 is 3.17 bits per heavy atom. The van der Waals surface area contributed by atoms with Crippen molar-refractivity contribution in [2.24, 2.45) is 5.92 Å². The van der Waals surface area contributed by atoms with Crippen LogP contribution in [-0.4, -0.2) is 37.3 Å². The molecule has 0 radical (unpaired) electrons. The summed E-state index contributed by atoms with van der Waals surface area (Å²) in [5, 5.41) is 21.1. The van der Waals surface area contributed by atoms with Crippen LogP contribution in [0.3, 0.4) is 0 Å². The summed E-state index contributed by atoms with van der Waals surface area (Å²) in [6, 6.07) is 0. The molecule has 2 N–H and O–H groups in total. The lowest BCUT2D eigenvalue weighted by molar-refractivity contribution is 0.0763. The average Bonchev–Trinajstić information content (AvgIpc) is 2.86. The van der Waals surface area contributed by atoms with E-state index in [1.54, 1.807) is 12.5 Å². The van der Waals surface area contributed by atoms with Crippen LogP contribution in [0.15, 0.2) is 18.7 Å². The number of aliphatic hydroxyl groups excluding tert-OH is 1. The van der Waals surface area contributed by atoms with Crippen LogP contribution in [0.5, 0.6) is 0 Å². The molecule has 1 aliphatic rings. The maximum atomic E-state index is 9.93. The molecule has 1 saturated carbocycles. The molecule has 3 rings (SSSR count). The van der Waals surface area contributed by atoms with Gasteiger partial charge in [-0.15, -0.1) is 10.2 Å². The predicted molar refractivity (Wildman–Crippen MR) is 67.2 cm³/mol. The lowest BCUT2D eigenvalue weighted by Crippen LogP contribution is -2.30. The van der Waals surface area contributed by atoms with Crippen molar-refractivity contribution in [1.29, 1.82) is 0 Å². The fraction of sp³-hybridized carbons (Fsp3) is 0.583. The molecule has 6 nitrogen and oxygen atoms in total. The van der Waals surface area contributed by atoms with Gasteiger partial charge in [0.15, 0.2) is 5.82 Å². The summed E-state index contributed by atoms with van der Waals surface area (Å²) in [7, 11) is 0. The first-order valence-electron chi connectivity index (χ1n) is 6.41. The maximum Gasteiger partial charge on any atom is 0.203 e. The highest BCUT2D eigenvalue weighted by molar-refractivity contribution is 5.61. The topological polar surface area (TPSA) is 75.3 Å². The average molecular weight is 247 g/mol. The van der Waals surface area contributed by atoms with E-state index in [0.29, 0.717) is 5.92 Å². The van der Waals surface area contributed by atoms with E-state index >= 15 is 0 Å². The number of nitrogens with one attached hydrogen (secondary N) is 1. The van der Waals surface area contributed by atoms with Crippen molar-refractivity contribution in [2.45, 2.75) is 31.8 Å². The van der Waals surface area contributed by atoms with E-state index in [4.69, 9.17) is 0 Å². The second kappa shape index (κ2) is 4.89. The number of hydrogen-bond donors (Lipinski definition) is 2. The monoisotopic (exact) mass is 247 g/mol. The zero-order valence-electron chi connectivity index (χ0n) is 10.2. The maximum absolute atomic E-state index is 9.93. The number of rotatable bonds is 3. The van der Waals surface area contributed by atoms with Gasteiger partial charge in [0, 0.05) is 24.9 Å². The van der Waals surface area contributed by atoms with Gasteiger partial charge in [0.1, 0.15) is 6.33 Å². The first-order chi connectivity index (χ1) is 8.84. The fourth-order valence-corrected chi connectivity index (χ4v) is 2.54. The number of hydrogen-bond acceptors (Lipinski definition) is 5. The quantitative estimate of drug-likeness (QED) is 0.849. The summed E-state index contributed by atoms with van der Waals surface area (Å²) in [6.45, 7) is 0.737. The highest BCUT2D eigenvalue weighted by atomic mass is 16.3. The van der Waals surface area contributed by atoms with Gasteiger partial charge in [-0.1, -0.05) is 12.8 Å². The molecule has 1 fully saturated rings. The van der Waals surface area contributed by atoms with Gasteiger partial charge in [0.25, 0.3) is 0 Å². The van der Waals surface area contributed by atoms with Crippen molar-refractivity contribution in [3.05, 3.63) is 18.7 Å². The molecule has 0 saturated heterocycles. The molecule has 2 atom stereocenters. The van der Waals surface area contributed by atoms with Crippen LogP contribution in [-0.2, 0) is 0 Å². The molecule has 2 heterocycles. The SMILES string of the molecule is OC1CCCCC1CNc1nccn2cnnc12. The number of anilines is 1. The molecular formula is C12H17N5O. The van der Waals surface area contributed by atoms with Gasteiger partial charge >= 0.3 is 0 Å². The molecule has 2 aromatic heterocycles. The molecule has 0 spiro atoms. The van der Waals surface area contributed by atoms with Crippen molar-refractivity contribution in [3.8, 4) is 0 Å². The molecule has 1 aliphatic carbocycles. The van der Waals surface area contributed by atoms with Crippen molar-refractivity contribution < 1.29 is 5.11 Å². The smallest absolute Gasteiger partial charge is 0.203 e. The summed E-state index contributed by atoms with van der Waals surface area (Å²) < 4.78 is 1.83. The second-order valence-corrected chi connectivity index (χ2v) is 4.83. The second-order valence-electron chi connectivity index (χ2n) is 4.83. The van der Waals surface area contributed by atoms with Crippen LogP contribution in [0.2, 0.25) is 0 Å². The van der Waals surface area contributed by atoms with E-state index in [-0.39, 0.29) is 6.10 Å². The van der Waals surface area contributed by atoms with Crippen LogP contribution in [0.4, 0.5) is 5.82 Å². The Bertz CT molecular complexity index is 526. The van der Waals surface area contributed by atoms with Crippen LogP contribution in [0.1, 0.15) is 25.7 Å². The van der Waals surface area contributed by atoms with E-state index < -0.39 is 0 Å². The minimum absolute atomic E-state index is 0.191. The Kier molecular flexibility index (Phi) is 3.10. The van der Waals surface area contributed by atoms with E-state index in [0.717, 1.165) is 37.3 Å². The number of fused-ring (bicyclic) bond motifs is 1. The largest absolute Gasteiger partial charge is 0.393 e. The van der Waals surface area contributed by atoms with Gasteiger partial charge in [-0.3, -0.25) is 4.40 Å². The molecule has 0 amide bonds. The molecule has 96 valence electrons. The van der Waals surface area contributed by atoms with Crippen LogP contribution >= 0.6 is 0 Å². The van der Waals surface area contributed by atoms with Crippen molar-refractivity contribution in [1.82, 2.24) is 19.6 Å². The molecule has 2 aromatic rings. The fourth-order valence-electron chi connectivity index (χ4n) is 2.54. The van der Waals surface area contributed by atoms with E-state index in [1.807, 2.05) is 10.6 Å². The predicted octanol–water partition coefficient (Wildman–Crippen LogP) is 1.09. The summed E-state index contributed by atoms with van der Waals surface area (Å²) in [5.41, 5.74) is 0.725. The normalized spacial score (nSPS) is 24.3. The first-order valence-corrected chi connectivity index (χ1v) is 6.41. The number of aliphatic hydroxyl groups is 1. The zero-order valence-corrected chi connectivity index (χ0v) is 10.2. The van der Waals surface area contributed by atoms with Crippen LogP contribution < -0.4 is 5.32 Å². The lowest BCUT2D eigenvalue weighted by Gasteiger charge is -2.27. The van der Waals surface area contributed by atoms with Gasteiger partial charge in [0.05, 0.1) is 6.10 Å². The summed E-state index contributed by atoms with van der Waals surface area (Å²) in [4.78, 5) is 4.27. The molecule has 2 unspecified atom stereocenters. The van der Waals surface area contributed by atoms with E-state index in [9.17, 15) is 5.11 Å². The van der Waals surface area contributed by atoms with E-state index in [1.165, 1.54) is 6.42 Å². The Morgan fingerprint density at radius 2 is 2.28 bits per heavy atom. The molecular weight excluding hydrogens is 230 g/mol. The summed E-state index contributed by atoms with van der Waals surface area (Å²) in [5.74, 6) is 1.04. The Balaban J connectivity index is 1.71. The third-order valence-corrected chi connectivity index (χ3v) is 3.62. The zero-order chi connectivity index (χ0) is 12.4. The highest BCUT2D eigenvalue weighted by Crippen LogP contribution is 2.24. The van der Waals surface area contributed by atoms with Crippen LogP contribution in [0.25, 0.3) is 5.65 Å². The lowest BCUT2D eigenvalue weighted by atomic mass is 9.86. The molecule has 18 heavy (non-hydrogen) atoms. The highest BCUT2D eigenvalue weighted by Gasteiger charge is 2.23. The Labute approximate surface area is 105 Å². The minimum Gasteiger partial charge on any atom is -0.393 e. The Hall–Kier alpha value is -1.69. The third-order valence-electron chi connectivity index (χ3n) is 3.62. The molecule has 0 aromatic carbocycles. The minimum atomic E-state index is -0.191. The molecule has 6 heteroatoms. The number of aromatic nitrogens is 4. The van der Waals surface area contributed by atoms with Gasteiger partial charge in [-0.05, 0) is 12.8 Å². The number of nitrogens with zero attached hydrogens (tertiary/aromatic N) is 4. The standard InChI is InChI=1S/C12H17N5O/c18-10-4-2-1-3-9(10)7-14-11-12-16-15-8-17(12)6-5-13-11/h5-6,8-10,18H,1-4,7H2,(H,13,14). The van der Waals surface area contributed by atoms with Crippen LogP contribution in [0, 0.1) is 5.92 Å². The first kappa shape index (κ1) is 11.4. The summed E-state index contributed by atoms with van der Waals surface area (Å²) in [6.07, 6.45) is 9.31. The van der Waals surface area contributed by atoms with Gasteiger partial charge in [-0.25, -0.2) is 4.98 Å². The van der Waals surface area contributed by atoms with Crippen molar-refractivity contribution >= 4 is 11.5 Å². The van der Waals surface area contributed by atoms with Gasteiger partial charge in [0.2, 0.25) is 5.65 Å². The summed E-state index contributed by atoms with van der Waals surface area (Å²) >= 11 is 0. The van der Waals surface area contributed by atoms with Gasteiger partial charge in [-0.2, -0.15) is 0 Å². The molecule has 0 aliphatic heterocycles. The molecule has 0 bridgehead atoms. The van der Waals surface area contributed by atoms with Crippen molar-refractivity contribution in [2.75, 3.05) is 11.9 Å². The van der Waals surface area contributed by atoms with Gasteiger partial charge < -0.3 is 10.4 Å². The van der Waals surface area contributed by atoms with Crippen molar-refractivity contribution in [3.63, 3.8) is 0 Å². The Morgan fingerprint density at radius 1 is 1.39 bits per heavy atom. The van der Waals surface area contributed by atoms with E-state index in [2.05, 4.69) is 20.5 Å².